The molecular weight excluding hydrogens is 326 g/mol. The first-order valence-electron chi connectivity index (χ1n) is 9.75. The number of aliphatic hydroxyl groups is 1. The minimum absolute atomic E-state index is 0. The average molecular weight is 360 g/mol. The summed E-state index contributed by atoms with van der Waals surface area (Å²) in [5.74, 6) is 1.40. The third-order valence-corrected chi connectivity index (χ3v) is 6.17. The van der Waals surface area contributed by atoms with Gasteiger partial charge in [0.25, 0.3) is 0 Å². The van der Waals surface area contributed by atoms with Crippen molar-refractivity contribution < 1.29 is 7.96 Å². The van der Waals surface area contributed by atoms with Crippen LogP contribution in [0.3, 0.4) is 0 Å². The van der Waals surface area contributed by atoms with Crippen LogP contribution in [-0.2, 0) is 0 Å². The van der Waals surface area contributed by atoms with Gasteiger partial charge in [0.1, 0.15) is 12.1 Å². The highest BCUT2D eigenvalue weighted by molar-refractivity contribution is 6.02. The molecule has 4 unspecified atom stereocenters. The topological polar surface area (TPSA) is 86.2 Å². The number of aliphatic imine (C=N–C) groups is 1. The Bertz CT molecular complexity index is 739. The summed E-state index contributed by atoms with van der Waals surface area (Å²) in [5.41, 5.74) is 10.5. The minimum atomic E-state index is -0.949. The molecule has 6 nitrogen and oxygen atoms in total. The normalized spacial score (nSPS) is 39.9. The molecule has 4 heterocycles. The van der Waals surface area contributed by atoms with Crippen LogP contribution in [0.2, 0.25) is 0 Å². The summed E-state index contributed by atoms with van der Waals surface area (Å²) >= 11 is 0. The second kappa shape index (κ2) is 6.35. The predicted octanol–water partition coefficient (Wildman–Crippen LogP) is 2.04. The number of nitrogens with zero attached hydrogens (tertiary/aromatic N) is 3. The van der Waals surface area contributed by atoms with Crippen LogP contribution in [0.5, 0.6) is 0 Å². The molecule has 4 aliphatic heterocycles. The molecule has 144 valence electrons. The first-order chi connectivity index (χ1) is 12.5. The Kier molecular flexibility index (Phi) is 4.28. The van der Waals surface area contributed by atoms with Crippen molar-refractivity contribution >= 4 is 11.5 Å². The SMILES string of the molecule is CC.CC12C=C(C(N)O)C=CC1NN=C2C1C=CC2=NC3CC(C3)N2C1.[HH].[HH]. The Morgan fingerprint density at radius 1 is 1.35 bits per heavy atom. The lowest BCUT2D eigenvalue weighted by atomic mass is 9.70. The Labute approximate surface area is 158 Å². The molecule has 6 rings (SSSR count). The molecule has 0 saturated heterocycles. The molecule has 0 aromatic heterocycles. The predicted molar refractivity (Wildman–Crippen MR) is 109 cm³/mol. The molecule has 6 aliphatic rings. The summed E-state index contributed by atoms with van der Waals surface area (Å²) < 4.78 is 0. The zero-order valence-electron chi connectivity index (χ0n) is 15.8. The van der Waals surface area contributed by atoms with E-state index in [1.807, 2.05) is 19.9 Å². The number of hydrazone groups is 1. The van der Waals surface area contributed by atoms with Crippen LogP contribution in [0.4, 0.5) is 0 Å². The van der Waals surface area contributed by atoms with E-state index in [9.17, 15) is 5.11 Å². The maximum Gasteiger partial charge on any atom is 0.128 e. The van der Waals surface area contributed by atoms with Crippen molar-refractivity contribution in [3.05, 3.63) is 36.0 Å². The highest BCUT2D eigenvalue weighted by Crippen LogP contribution is 2.41. The molecule has 0 radical (unpaired) electrons. The number of amidine groups is 1. The van der Waals surface area contributed by atoms with E-state index in [1.54, 1.807) is 0 Å². The first-order valence-corrected chi connectivity index (χ1v) is 9.75. The molecule has 1 fully saturated rings. The molecule has 2 aliphatic carbocycles. The van der Waals surface area contributed by atoms with E-state index < -0.39 is 6.23 Å². The fraction of sp³-hybridized carbons (Fsp3) is 0.600. The fourth-order valence-corrected chi connectivity index (χ4v) is 4.63. The van der Waals surface area contributed by atoms with E-state index in [0.29, 0.717) is 12.1 Å². The van der Waals surface area contributed by atoms with Crippen molar-refractivity contribution in [1.29, 1.82) is 0 Å². The van der Waals surface area contributed by atoms with Gasteiger partial charge in [0, 0.05) is 21.4 Å². The molecule has 6 heteroatoms. The second-order valence-electron chi connectivity index (χ2n) is 7.72. The summed E-state index contributed by atoms with van der Waals surface area (Å²) in [7, 11) is 0. The number of hydrogen-bond donors (Lipinski definition) is 3. The lowest BCUT2D eigenvalue weighted by Crippen LogP contribution is -2.57. The van der Waals surface area contributed by atoms with Gasteiger partial charge in [0.2, 0.25) is 0 Å². The Hall–Kier alpha value is -1.92. The average Bonchev–Trinajstić information content (AvgIpc) is 2.97. The number of nitrogens with two attached hydrogens (primary N) is 1. The number of hydrogen-bond acceptors (Lipinski definition) is 6. The fourth-order valence-electron chi connectivity index (χ4n) is 4.63. The Morgan fingerprint density at radius 2 is 2.12 bits per heavy atom. The van der Waals surface area contributed by atoms with E-state index in [2.05, 4.69) is 46.7 Å². The summed E-state index contributed by atoms with van der Waals surface area (Å²) in [4.78, 5) is 7.24. The smallest absolute Gasteiger partial charge is 0.128 e. The molecule has 1 saturated carbocycles. The lowest BCUT2D eigenvalue weighted by Gasteiger charge is -2.50. The van der Waals surface area contributed by atoms with Gasteiger partial charge in [-0.3, -0.25) is 4.99 Å². The maximum absolute atomic E-state index is 9.76. The molecular formula is C20H33N5O. The number of rotatable bonds is 2. The van der Waals surface area contributed by atoms with Crippen LogP contribution in [0.25, 0.3) is 0 Å². The van der Waals surface area contributed by atoms with E-state index in [4.69, 9.17) is 10.7 Å². The Balaban J connectivity index is 0.000000680. The third kappa shape index (κ3) is 2.55. The van der Waals surface area contributed by atoms with Crippen LogP contribution in [0.1, 0.15) is 36.5 Å². The quantitative estimate of drug-likeness (QED) is 0.659. The van der Waals surface area contributed by atoms with Gasteiger partial charge in [-0.25, -0.2) is 0 Å². The summed E-state index contributed by atoms with van der Waals surface area (Å²) in [6, 6.07) is 1.32. The monoisotopic (exact) mass is 359 g/mol. The largest absolute Gasteiger partial charge is 0.375 e. The lowest BCUT2D eigenvalue weighted by molar-refractivity contribution is 0.152. The zero-order chi connectivity index (χ0) is 18.5. The molecule has 26 heavy (non-hydrogen) atoms. The summed E-state index contributed by atoms with van der Waals surface area (Å²) in [6.45, 7) is 7.11. The standard InChI is InChI=1S/C18H23N5O.C2H6.2H2/c1-18-8-10(17(19)24)2-4-14(18)21-22-16(18)11-3-5-15-20-12-6-13(7-12)23(15)9-11;1-2;;/h2-5,8,11-14,17,21,24H,6-7,9,19H2,1H3;1-2H3;2*1H. The zero-order valence-corrected chi connectivity index (χ0v) is 15.8. The molecule has 4 N–H and O–H groups in total. The summed E-state index contributed by atoms with van der Waals surface area (Å²) in [5, 5.41) is 14.4. The van der Waals surface area contributed by atoms with Crippen LogP contribution in [0, 0.1) is 11.3 Å². The van der Waals surface area contributed by atoms with Gasteiger partial charge in [-0.2, -0.15) is 5.10 Å². The van der Waals surface area contributed by atoms with Crippen LogP contribution in [-0.4, -0.2) is 52.5 Å². The number of fused-ring (bicyclic) bond motifs is 1. The van der Waals surface area contributed by atoms with Gasteiger partial charge >= 0.3 is 0 Å². The highest BCUT2D eigenvalue weighted by atomic mass is 16.3. The van der Waals surface area contributed by atoms with Crippen molar-refractivity contribution in [2.75, 3.05) is 6.54 Å². The van der Waals surface area contributed by atoms with E-state index >= 15 is 0 Å². The highest BCUT2D eigenvalue weighted by Gasteiger charge is 2.48. The minimum Gasteiger partial charge on any atom is -0.375 e. The van der Waals surface area contributed by atoms with Crippen LogP contribution < -0.4 is 11.2 Å². The van der Waals surface area contributed by atoms with Crippen molar-refractivity contribution in [2.24, 2.45) is 27.2 Å². The number of aliphatic hydroxyl groups excluding tert-OH is 1. The third-order valence-electron chi connectivity index (χ3n) is 6.17. The molecule has 4 atom stereocenters. The maximum atomic E-state index is 9.76. The van der Waals surface area contributed by atoms with Crippen LogP contribution >= 0.6 is 0 Å². The second-order valence-corrected chi connectivity index (χ2v) is 7.72. The van der Waals surface area contributed by atoms with E-state index in [-0.39, 0.29) is 20.2 Å². The van der Waals surface area contributed by atoms with E-state index in [1.165, 1.54) is 12.8 Å². The van der Waals surface area contributed by atoms with Gasteiger partial charge in [-0.05, 0) is 31.4 Å². The molecule has 2 bridgehead atoms. The first kappa shape index (κ1) is 17.5. The Morgan fingerprint density at radius 3 is 2.85 bits per heavy atom. The van der Waals surface area contributed by atoms with Gasteiger partial charge in [0.15, 0.2) is 0 Å². The molecule has 0 spiro atoms. The van der Waals surface area contributed by atoms with Gasteiger partial charge in [-0.15, -0.1) is 0 Å². The van der Waals surface area contributed by atoms with Crippen molar-refractivity contribution in [2.45, 2.75) is 58.0 Å². The van der Waals surface area contributed by atoms with E-state index in [0.717, 1.165) is 23.7 Å². The summed E-state index contributed by atoms with van der Waals surface area (Å²) in [6.07, 6.45) is 11.9. The molecule has 0 amide bonds. The van der Waals surface area contributed by atoms with Gasteiger partial charge < -0.3 is 21.2 Å². The van der Waals surface area contributed by atoms with Gasteiger partial charge in [-0.1, -0.05) is 38.2 Å². The molecule has 0 aromatic rings. The van der Waals surface area contributed by atoms with Crippen molar-refractivity contribution in [1.82, 2.24) is 10.3 Å². The van der Waals surface area contributed by atoms with Crippen LogP contribution in [0.15, 0.2) is 46.0 Å². The molecule has 0 aromatic carbocycles. The number of nitrogens with one attached hydrogen (secondary N) is 1. The van der Waals surface area contributed by atoms with Crippen molar-refractivity contribution in [3.8, 4) is 0 Å². The van der Waals surface area contributed by atoms with Gasteiger partial charge in [0.05, 0.1) is 23.2 Å². The van der Waals surface area contributed by atoms with Crippen molar-refractivity contribution in [3.63, 3.8) is 0 Å².